The Morgan fingerprint density at radius 1 is 1.14 bits per heavy atom. The van der Waals surface area contributed by atoms with Crippen molar-refractivity contribution in [2.45, 2.75) is 26.8 Å². The summed E-state index contributed by atoms with van der Waals surface area (Å²) in [7, 11) is 1.70. The van der Waals surface area contributed by atoms with Crippen molar-refractivity contribution in [3.63, 3.8) is 0 Å². The van der Waals surface area contributed by atoms with E-state index in [9.17, 15) is 0 Å². The lowest BCUT2D eigenvalue weighted by atomic mass is 10.1. The minimum atomic E-state index is 0.336. The lowest BCUT2D eigenvalue weighted by Gasteiger charge is -2.27. The van der Waals surface area contributed by atoms with Gasteiger partial charge in [-0.25, -0.2) is 0 Å². The van der Waals surface area contributed by atoms with E-state index in [0.717, 1.165) is 45.1 Å². The Hall–Kier alpha value is -1.10. The highest BCUT2D eigenvalue weighted by molar-refractivity contribution is 5.29. The predicted molar refractivity (Wildman–Crippen MR) is 88.0 cm³/mol. The normalized spacial score (nSPS) is 12.6. The maximum atomic E-state index is 5.46. The molecule has 1 unspecified atom stereocenters. The fourth-order valence-electron chi connectivity index (χ4n) is 2.35. The topological polar surface area (TPSA) is 33.7 Å². The molecule has 0 bridgehead atoms. The molecule has 21 heavy (non-hydrogen) atoms. The molecule has 1 N–H and O–H groups in total. The standard InChI is InChI=1S/C17H30N2O2/c1-5-18-17(14-19(6-2)12-13-21-7-3)15-8-10-16(20-4)11-9-15/h8-11,17-18H,5-7,12-14H2,1-4H3. The van der Waals surface area contributed by atoms with Crippen molar-refractivity contribution in [2.75, 3.05) is 46.5 Å². The number of methoxy groups -OCH3 is 1. The number of nitrogens with zero attached hydrogens (tertiary/aromatic N) is 1. The van der Waals surface area contributed by atoms with E-state index < -0.39 is 0 Å². The van der Waals surface area contributed by atoms with E-state index in [1.54, 1.807) is 7.11 Å². The molecule has 0 saturated carbocycles. The summed E-state index contributed by atoms with van der Waals surface area (Å²) in [6.45, 7) is 11.9. The van der Waals surface area contributed by atoms with Crippen LogP contribution in [0.4, 0.5) is 0 Å². The molecule has 4 nitrogen and oxygen atoms in total. The number of benzene rings is 1. The Kier molecular flexibility index (Phi) is 9.06. The largest absolute Gasteiger partial charge is 0.497 e. The molecular weight excluding hydrogens is 264 g/mol. The van der Waals surface area contributed by atoms with Crippen LogP contribution in [0.2, 0.25) is 0 Å². The minimum absolute atomic E-state index is 0.336. The third kappa shape index (κ3) is 6.46. The zero-order valence-corrected chi connectivity index (χ0v) is 13.9. The Morgan fingerprint density at radius 3 is 2.38 bits per heavy atom. The summed E-state index contributed by atoms with van der Waals surface area (Å²) in [5.74, 6) is 0.901. The minimum Gasteiger partial charge on any atom is -0.497 e. The summed E-state index contributed by atoms with van der Waals surface area (Å²) in [6.07, 6.45) is 0. The Morgan fingerprint density at radius 2 is 1.86 bits per heavy atom. The van der Waals surface area contributed by atoms with Crippen LogP contribution in [0.3, 0.4) is 0 Å². The Labute approximate surface area is 129 Å². The predicted octanol–water partition coefficient (Wildman–Crippen LogP) is 2.70. The SMILES string of the molecule is CCNC(CN(CC)CCOCC)c1ccc(OC)cc1. The summed E-state index contributed by atoms with van der Waals surface area (Å²) >= 11 is 0. The summed E-state index contributed by atoms with van der Waals surface area (Å²) < 4.78 is 10.7. The first kappa shape index (κ1) is 18.0. The fraction of sp³-hybridized carbons (Fsp3) is 0.647. The Bertz CT molecular complexity index is 368. The van der Waals surface area contributed by atoms with Crippen LogP contribution < -0.4 is 10.1 Å². The number of nitrogens with one attached hydrogen (secondary N) is 1. The van der Waals surface area contributed by atoms with E-state index in [1.807, 2.05) is 19.1 Å². The summed E-state index contributed by atoms with van der Waals surface area (Å²) in [6, 6.07) is 8.67. The van der Waals surface area contributed by atoms with Gasteiger partial charge in [0, 0.05) is 25.7 Å². The van der Waals surface area contributed by atoms with Crippen LogP contribution in [0.5, 0.6) is 5.75 Å². The molecule has 120 valence electrons. The van der Waals surface area contributed by atoms with E-state index in [4.69, 9.17) is 9.47 Å². The third-order valence-electron chi connectivity index (χ3n) is 3.61. The molecule has 0 spiro atoms. The molecule has 1 rings (SSSR count). The van der Waals surface area contributed by atoms with Crippen molar-refractivity contribution in [1.82, 2.24) is 10.2 Å². The first-order valence-electron chi connectivity index (χ1n) is 7.92. The molecule has 1 atom stereocenters. The van der Waals surface area contributed by atoms with Gasteiger partial charge < -0.3 is 14.8 Å². The molecule has 0 heterocycles. The molecule has 0 saturated heterocycles. The number of likely N-dealkylation sites (N-methyl/N-ethyl adjacent to an activating group) is 2. The molecule has 0 aromatic heterocycles. The highest BCUT2D eigenvalue weighted by atomic mass is 16.5. The highest BCUT2D eigenvalue weighted by Crippen LogP contribution is 2.18. The van der Waals surface area contributed by atoms with Gasteiger partial charge in [0.05, 0.1) is 13.7 Å². The highest BCUT2D eigenvalue weighted by Gasteiger charge is 2.14. The zero-order chi connectivity index (χ0) is 15.5. The average Bonchev–Trinajstić information content (AvgIpc) is 2.53. The van der Waals surface area contributed by atoms with Gasteiger partial charge in [0.1, 0.15) is 5.75 Å². The van der Waals surface area contributed by atoms with Gasteiger partial charge in [-0.15, -0.1) is 0 Å². The fourth-order valence-corrected chi connectivity index (χ4v) is 2.35. The van der Waals surface area contributed by atoms with Gasteiger partial charge in [-0.05, 0) is 37.7 Å². The lowest BCUT2D eigenvalue weighted by molar-refractivity contribution is 0.111. The number of rotatable bonds is 11. The first-order valence-corrected chi connectivity index (χ1v) is 7.92. The maximum Gasteiger partial charge on any atom is 0.118 e. The van der Waals surface area contributed by atoms with E-state index in [-0.39, 0.29) is 0 Å². The van der Waals surface area contributed by atoms with Crippen molar-refractivity contribution in [3.05, 3.63) is 29.8 Å². The van der Waals surface area contributed by atoms with Crippen LogP contribution in [0.15, 0.2) is 24.3 Å². The van der Waals surface area contributed by atoms with Crippen molar-refractivity contribution < 1.29 is 9.47 Å². The van der Waals surface area contributed by atoms with Crippen molar-refractivity contribution in [3.8, 4) is 5.75 Å². The van der Waals surface area contributed by atoms with Gasteiger partial charge in [0.15, 0.2) is 0 Å². The molecule has 0 fully saturated rings. The smallest absolute Gasteiger partial charge is 0.118 e. The monoisotopic (exact) mass is 294 g/mol. The first-order chi connectivity index (χ1) is 10.2. The lowest BCUT2D eigenvalue weighted by Crippen LogP contribution is -2.37. The summed E-state index contributed by atoms with van der Waals surface area (Å²) in [5, 5.41) is 3.57. The van der Waals surface area contributed by atoms with Crippen LogP contribution in [-0.4, -0.2) is 51.4 Å². The van der Waals surface area contributed by atoms with Crippen LogP contribution in [0.25, 0.3) is 0 Å². The van der Waals surface area contributed by atoms with Crippen molar-refractivity contribution in [2.24, 2.45) is 0 Å². The Balaban J connectivity index is 2.65. The molecule has 4 heteroatoms. The molecule has 0 radical (unpaired) electrons. The number of hydrogen-bond acceptors (Lipinski definition) is 4. The van der Waals surface area contributed by atoms with Gasteiger partial charge in [-0.3, -0.25) is 4.90 Å². The van der Waals surface area contributed by atoms with Crippen molar-refractivity contribution in [1.29, 1.82) is 0 Å². The van der Waals surface area contributed by atoms with Crippen LogP contribution in [0, 0.1) is 0 Å². The van der Waals surface area contributed by atoms with Gasteiger partial charge in [0.25, 0.3) is 0 Å². The quantitative estimate of drug-likeness (QED) is 0.636. The molecule has 0 aliphatic heterocycles. The summed E-state index contributed by atoms with van der Waals surface area (Å²) in [4.78, 5) is 2.42. The van der Waals surface area contributed by atoms with Gasteiger partial charge in [0.2, 0.25) is 0 Å². The second-order valence-corrected chi connectivity index (χ2v) is 4.97. The van der Waals surface area contributed by atoms with E-state index in [0.29, 0.717) is 6.04 Å². The molecular formula is C17H30N2O2. The maximum absolute atomic E-state index is 5.46. The second kappa shape index (κ2) is 10.6. The molecule has 0 aliphatic carbocycles. The van der Waals surface area contributed by atoms with Crippen LogP contribution >= 0.6 is 0 Å². The second-order valence-electron chi connectivity index (χ2n) is 4.97. The molecule has 1 aromatic carbocycles. The summed E-state index contributed by atoms with van der Waals surface area (Å²) in [5.41, 5.74) is 1.30. The van der Waals surface area contributed by atoms with Gasteiger partial charge in [-0.1, -0.05) is 26.0 Å². The molecule has 0 amide bonds. The van der Waals surface area contributed by atoms with E-state index >= 15 is 0 Å². The van der Waals surface area contributed by atoms with Gasteiger partial charge >= 0.3 is 0 Å². The van der Waals surface area contributed by atoms with Crippen LogP contribution in [-0.2, 0) is 4.74 Å². The van der Waals surface area contributed by atoms with Gasteiger partial charge in [-0.2, -0.15) is 0 Å². The molecule has 0 aliphatic rings. The van der Waals surface area contributed by atoms with E-state index in [2.05, 4.69) is 36.2 Å². The zero-order valence-electron chi connectivity index (χ0n) is 13.9. The van der Waals surface area contributed by atoms with E-state index in [1.165, 1.54) is 5.56 Å². The van der Waals surface area contributed by atoms with Crippen molar-refractivity contribution >= 4 is 0 Å². The molecule has 1 aromatic rings. The number of ether oxygens (including phenoxy) is 2. The van der Waals surface area contributed by atoms with Crippen LogP contribution in [0.1, 0.15) is 32.4 Å². The average molecular weight is 294 g/mol. The number of hydrogen-bond donors (Lipinski definition) is 1. The third-order valence-corrected chi connectivity index (χ3v) is 3.61.